The number of unbranched alkanes of at least 4 members (excludes halogenated alkanes) is 1. The van der Waals surface area contributed by atoms with E-state index in [9.17, 15) is 0 Å². The molecule has 1 aliphatic rings. The highest BCUT2D eigenvalue weighted by Gasteiger charge is 2.03. The first-order valence-corrected chi connectivity index (χ1v) is 4.40. The molecule has 0 aromatic heterocycles. The first kappa shape index (κ1) is 7.84. The maximum absolute atomic E-state index is 3.83. The van der Waals surface area contributed by atoms with Crippen LogP contribution in [-0.4, -0.2) is 0 Å². The van der Waals surface area contributed by atoms with Gasteiger partial charge in [-0.3, -0.25) is 0 Å². The van der Waals surface area contributed by atoms with Crippen molar-refractivity contribution in [2.45, 2.75) is 44.9 Å². The Morgan fingerprint density at radius 2 is 1.90 bits per heavy atom. The van der Waals surface area contributed by atoms with Gasteiger partial charge in [0.05, 0.1) is 0 Å². The molecule has 0 aromatic rings. The van der Waals surface area contributed by atoms with Crippen LogP contribution in [0.15, 0.2) is 11.6 Å². The summed E-state index contributed by atoms with van der Waals surface area (Å²) in [4.78, 5) is 0. The molecule has 10 heavy (non-hydrogen) atoms. The third-order valence-electron chi connectivity index (χ3n) is 2.13. The zero-order chi connectivity index (χ0) is 7.23. The Bertz CT molecular complexity index is 103. The van der Waals surface area contributed by atoms with Crippen LogP contribution in [0.4, 0.5) is 0 Å². The predicted octanol–water partition coefficient (Wildman–Crippen LogP) is 3.49. The third kappa shape index (κ3) is 2.55. The molecule has 1 rings (SSSR count). The SMILES string of the molecule is [CH2]CCC=C1CCCCC1. The van der Waals surface area contributed by atoms with Crippen molar-refractivity contribution in [3.63, 3.8) is 0 Å². The molecule has 1 saturated carbocycles. The standard InChI is InChI=1S/C10H17/c1-2-3-7-10-8-5-4-6-9-10/h7H,1-6,8-9H2. The monoisotopic (exact) mass is 137 g/mol. The van der Waals surface area contributed by atoms with Crippen LogP contribution in [-0.2, 0) is 0 Å². The lowest BCUT2D eigenvalue weighted by molar-refractivity contribution is 0.596. The Kier molecular flexibility index (Phi) is 3.56. The molecule has 0 heteroatoms. The maximum atomic E-state index is 3.83. The molecule has 0 aromatic carbocycles. The molecule has 0 bridgehead atoms. The van der Waals surface area contributed by atoms with Gasteiger partial charge in [0.1, 0.15) is 0 Å². The van der Waals surface area contributed by atoms with Crippen LogP contribution in [0.3, 0.4) is 0 Å². The number of hydrogen-bond donors (Lipinski definition) is 0. The van der Waals surface area contributed by atoms with Gasteiger partial charge in [0.15, 0.2) is 0 Å². The van der Waals surface area contributed by atoms with E-state index in [0.717, 1.165) is 6.42 Å². The summed E-state index contributed by atoms with van der Waals surface area (Å²) in [5.74, 6) is 0. The zero-order valence-corrected chi connectivity index (χ0v) is 6.73. The number of allylic oxidation sites excluding steroid dienone is 2. The van der Waals surface area contributed by atoms with E-state index < -0.39 is 0 Å². The van der Waals surface area contributed by atoms with Crippen molar-refractivity contribution < 1.29 is 0 Å². The normalized spacial score (nSPS) is 19.1. The molecule has 0 heterocycles. The van der Waals surface area contributed by atoms with E-state index in [-0.39, 0.29) is 0 Å². The van der Waals surface area contributed by atoms with Gasteiger partial charge in [-0.1, -0.05) is 25.0 Å². The Morgan fingerprint density at radius 3 is 2.50 bits per heavy atom. The summed E-state index contributed by atoms with van der Waals surface area (Å²) in [5.41, 5.74) is 1.69. The molecule has 1 fully saturated rings. The summed E-state index contributed by atoms with van der Waals surface area (Å²) in [7, 11) is 0. The molecular weight excluding hydrogens is 120 g/mol. The molecule has 57 valence electrons. The third-order valence-corrected chi connectivity index (χ3v) is 2.13. The number of hydrogen-bond acceptors (Lipinski definition) is 0. The van der Waals surface area contributed by atoms with Crippen LogP contribution in [0.5, 0.6) is 0 Å². The van der Waals surface area contributed by atoms with Crippen LogP contribution in [0.1, 0.15) is 44.9 Å². The van der Waals surface area contributed by atoms with Crippen molar-refractivity contribution in [1.82, 2.24) is 0 Å². The first-order chi connectivity index (χ1) is 4.93. The maximum Gasteiger partial charge on any atom is -0.0320 e. The predicted molar refractivity (Wildman–Crippen MR) is 45.8 cm³/mol. The van der Waals surface area contributed by atoms with E-state index in [4.69, 9.17) is 0 Å². The molecule has 1 aliphatic carbocycles. The van der Waals surface area contributed by atoms with Crippen molar-refractivity contribution in [3.8, 4) is 0 Å². The highest BCUT2D eigenvalue weighted by atomic mass is 14.1. The number of rotatable bonds is 2. The van der Waals surface area contributed by atoms with Crippen molar-refractivity contribution >= 4 is 0 Å². The highest BCUT2D eigenvalue weighted by Crippen LogP contribution is 2.22. The van der Waals surface area contributed by atoms with E-state index in [1.54, 1.807) is 5.57 Å². The second-order valence-corrected chi connectivity index (χ2v) is 3.07. The summed E-state index contributed by atoms with van der Waals surface area (Å²) >= 11 is 0. The molecule has 0 atom stereocenters. The van der Waals surface area contributed by atoms with E-state index >= 15 is 0 Å². The van der Waals surface area contributed by atoms with Gasteiger partial charge in [-0.25, -0.2) is 0 Å². The average Bonchev–Trinajstić information content (AvgIpc) is 2.03. The molecule has 0 amide bonds. The van der Waals surface area contributed by atoms with Crippen molar-refractivity contribution in [2.75, 3.05) is 0 Å². The van der Waals surface area contributed by atoms with Gasteiger partial charge in [-0.05, 0) is 38.5 Å². The van der Waals surface area contributed by atoms with Gasteiger partial charge in [-0.15, -0.1) is 0 Å². The van der Waals surface area contributed by atoms with Crippen LogP contribution in [0, 0.1) is 6.92 Å². The second kappa shape index (κ2) is 4.54. The summed E-state index contributed by atoms with van der Waals surface area (Å²) in [6, 6.07) is 0. The van der Waals surface area contributed by atoms with Gasteiger partial charge in [0.2, 0.25) is 0 Å². The lowest BCUT2D eigenvalue weighted by Gasteiger charge is -2.12. The molecular formula is C10H17. The fourth-order valence-electron chi connectivity index (χ4n) is 1.52. The fourth-order valence-corrected chi connectivity index (χ4v) is 1.52. The van der Waals surface area contributed by atoms with Gasteiger partial charge in [0.25, 0.3) is 0 Å². The highest BCUT2D eigenvalue weighted by molar-refractivity contribution is 5.03. The van der Waals surface area contributed by atoms with Crippen LogP contribution < -0.4 is 0 Å². The molecule has 0 spiro atoms. The minimum absolute atomic E-state index is 1.06. The molecule has 0 aliphatic heterocycles. The summed E-state index contributed by atoms with van der Waals surface area (Å²) in [5, 5.41) is 0. The summed E-state index contributed by atoms with van der Waals surface area (Å²) < 4.78 is 0. The lowest BCUT2D eigenvalue weighted by Crippen LogP contribution is -1.92. The van der Waals surface area contributed by atoms with Crippen LogP contribution in [0.2, 0.25) is 0 Å². The minimum atomic E-state index is 1.06. The minimum Gasteiger partial charge on any atom is -0.0853 e. The van der Waals surface area contributed by atoms with E-state index in [1.165, 1.54) is 38.5 Å². The van der Waals surface area contributed by atoms with Crippen LogP contribution in [0.25, 0.3) is 0 Å². The van der Waals surface area contributed by atoms with Gasteiger partial charge < -0.3 is 0 Å². The van der Waals surface area contributed by atoms with E-state index in [2.05, 4.69) is 13.0 Å². The second-order valence-electron chi connectivity index (χ2n) is 3.07. The Labute approximate surface area is 64.3 Å². The topological polar surface area (TPSA) is 0 Å². The molecule has 1 radical (unpaired) electrons. The largest absolute Gasteiger partial charge is 0.0853 e. The Hall–Kier alpha value is -0.260. The van der Waals surface area contributed by atoms with Gasteiger partial charge in [-0.2, -0.15) is 0 Å². The van der Waals surface area contributed by atoms with Gasteiger partial charge >= 0.3 is 0 Å². The first-order valence-electron chi connectivity index (χ1n) is 4.40. The van der Waals surface area contributed by atoms with E-state index in [1.807, 2.05) is 0 Å². The van der Waals surface area contributed by atoms with E-state index in [0.29, 0.717) is 0 Å². The molecule has 0 N–H and O–H groups in total. The summed E-state index contributed by atoms with van der Waals surface area (Å²) in [6.07, 6.45) is 11.7. The smallest absolute Gasteiger partial charge is 0.0320 e. The van der Waals surface area contributed by atoms with Crippen molar-refractivity contribution in [2.24, 2.45) is 0 Å². The molecule has 0 nitrogen and oxygen atoms in total. The van der Waals surface area contributed by atoms with Crippen LogP contribution >= 0.6 is 0 Å². The molecule has 0 saturated heterocycles. The summed E-state index contributed by atoms with van der Waals surface area (Å²) in [6.45, 7) is 3.83. The van der Waals surface area contributed by atoms with Crippen molar-refractivity contribution in [3.05, 3.63) is 18.6 Å². The Balaban J connectivity index is 2.23. The zero-order valence-electron chi connectivity index (χ0n) is 6.73. The lowest BCUT2D eigenvalue weighted by atomic mass is 9.94. The quantitative estimate of drug-likeness (QED) is 0.511. The molecule has 0 unspecified atom stereocenters. The van der Waals surface area contributed by atoms with Gasteiger partial charge in [0, 0.05) is 0 Å². The fraction of sp³-hybridized carbons (Fsp3) is 0.700. The average molecular weight is 137 g/mol. The van der Waals surface area contributed by atoms with Crippen molar-refractivity contribution in [1.29, 1.82) is 0 Å². The Morgan fingerprint density at radius 1 is 1.20 bits per heavy atom.